The van der Waals surface area contributed by atoms with Crippen molar-refractivity contribution in [2.45, 2.75) is 44.8 Å². The van der Waals surface area contributed by atoms with Crippen LogP contribution in [0.2, 0.25) is 0 Å². The lowest BCUT2D eigenvalue weighted by atomic mass is 9.85. The summed E-state index contributed by atoms with van der Waals surface area (Å²) in [5.41, 5.74) is 2.91. The third kappa shape index (κ3) is 3.65. The Morgan fingerprint density at radius 1 is 1.19 bits per heavy atom. The molecule has 2 aliphatic rings. The van der Waals surface area contributed by atoms with E-state index in [1.807, 2.05) is 0 Å². The van der Waals surface area contributed by atoms with Crippen molar-refractivity contribution in [3.63, 3.8) is 0 Å². The SMILES string of the molecule is CCNC1c2ccccc2CCC1OCC1CCOCC1. The molecular formula is C18H27NO2. The quantitative estimate of drug-likeness (QED) is 0.903. The molecule has 1 N–H and O–H groups in total. The molecule has 0 saturated carbocycles. The number of hydrogen-bond acceptors (Lipinski definition) is 3. The van der Waals surface area contributed by atoms with Crippen LogP contribution < -0.4 is 5.32 Å². The van der Waals surface area contributed by atoms with E-state index in [0.717, 1.165) is 52.0 Å². The van der Waals surface area contributed by atoms with Gasteiger partial charge in [0.25, 0.3) is 0 Å². The maximum Gasteiger partial charge on any atom is 0.0773 e. The summed E-state index contributed by atoms with van der Waals surface area (Å²) in [6, 6.07) is 9.15. The Kier molecular flexibility index (Phi) is 5.28. The molecule has 1 aromatic rings. The van der Waals surface area contributed by atoms with Crippen molar-refractivity contribution in [1.29, 1.82) is 0 Å². The minimum absolute atomic E-state index is 0.308. The summed E-state index contributed by atoms with van der Waals surface area (Å²) in [5.74, 6) is 0.679. The van der Waals surface area contributed by atoms with Crippen molar-refractivity contribution in [2.75, 3.05) is 26.4 Å². The Morgan fingerprint density at radius 2 is 2.00 bits per heavy atom. The number of hydrogen-bond donors (Lipinski definition) is 1. The number of likely N-dealkylation sites (N-methyl/N-ethyl adjacent to an activating group) is 1. The summed E-state index contributed by atoms with van der Waals surface area (Å²) in [4.78, 5) is 0. The lowest BCUT2D eigenvalue weighted by Crippen LogP contribution is -2.38. The summed E-state index contributed by atoms with van der Waals surface area (Å²) < 4.78 is 11.8. The van der Waals surface area contributed by atoms with Crippen LogP contribution in [-0.2, 0) is 15.9 Å². The van der Waals surface area contributed by atoms with Gasteiger partial charge >= 0.3 is 0 Å². The summed E-state index contributed by atoms with van der Waals surface area (Å²) in [5, 5.41) is 3.63. The van der Waals surface area contributed by atoms with Gasteiger partial charge in [0.05, 0.1) is 18.8 Å². The van der Waals surface area contributed by atoms with Gasteiger partial charge in [-0.1, -0.05) is 31.2 Å². The van der Waals surface area contributed by atoms with Gasteiger partial charge in [0, 0.05) is 13.2 Å². The number of ether oxygens (including phenoxy) is 2. The zero-order chi connectivity index (χ0) is 14.5. The average molecular weight is 289 g/mol. The Balaban J connectivity index is 1.64. The summed E-state index contributed by atoms with van der Waals surface area (Å²) in [7, 11) is 0. The lowest BCUT2D eigenvalue weighted by Gasteiger charge is -2.35. The van der Waals surface area contributed by atoms with Crippen LogP contribution in [0.5, 0.6) is 0 Å². The molecule has 0 bridgehead atoms. The molecule has 1 aromatic carbocycles. The molecule has 1 aliphatic heterocycles. The third-order valence-corrected chi connectivity index (χ3v) is 4.77. The predicted octanol–water partition coefficient (Wildman–Crippen LogP) is 3.10. The minimum atomic E-state index is 0.308. The summed E-state index contributed by atoms with van der Waals surface area (Å²) in [6.07, 6.45) is 4.86. The summed E-state index contributed by atoms with van der Waals surface area (Å²) in [6.45, 7) is 5.84. The third-order valence-electron chi connectivity index (χ3n) is 4.77. The van der Waals surface area contributed by atoms with E-state index in [1.54, 1.807) is 0 Å². The molecule has 1 heterocycles. The van der Waals surface area contributed by atoms with Crippen molar-refractivity contribution in [3.05, 3.63) is 35.4 Å². The lowest BCUT2D eigenvalue weighted by molar-refractivity contribution is -0.0300. The van der Waals surface area contributed by atoms with Gasteiger partial charge in [-0.2, -0.15) is 0 Å². The van der Waals surface area contributed by atoms with Crippen molar-refractivity contribution in [2.24, 2.45) is 5.92 Å². The number of fused-ring (bicyclic) bond motifs is 1. The van der Waals surface area contributed by atoms with Gasteiger partial charge in [-0.3, -0.25) is 0 Å². The van der Waals surface area contributed by atoms with Gasteiger partial charge in [0.1, 0.15) is 0 Å². The number of rotatable bonds is 5. The van der Waals surface area contributed by atoms with Crippen molar-refractivity contribution >= 4 is 0 Å². The van der Waals surface area contributed by atoms with Gasteiger partial charge in [-0.05, 0) is 49.3 Å². The van der Waals surface area contributed by atoms with Gasteiger partial charge < -0.3 is 14.8 Å². The first-order valence-electron chi connectivity index (χ1n) is 8.39. The average Bonchev–Trinajstić information content (AvgIpc) is 2.55. The summed E-state index contributed by atoms with van der Waals surface area (Å²) >= 11 is 0. The van der Waals surface area contributed by atoms with Crippen LogP contribution in [0.3, 0.4) is 0 Å². The second-order valence-corrected chi connectivity index (χ2v) is 6.20. The van der Waals surface area contributed by atoms with E-state index in [2.05, 4.69) is 36.5 Å². The highest BCUT2D eigenvalue weighted by atomic mass is 16.5. The first-order chi connectivity index (χ1) is 10.4. The molecule has 3 heteroatoms. The second-order valence-electron chi connectivity index (χ2n) is 6.20. The molecule has 1 saturated heterocycles. The molecule has 1 fully saturated rings. The van der Waals surface area contributed by atoms with Gasteiger partial charge in [-0.25, -0.2) is 0 Å². The molecular weight excluding hydrogens is 262 g/mol. The Hall–Kier alpha value is -0.900. The van der Waals surface area contributed by atoms with Crippen LogP contribution in [-0.4, -0.2) is 32.5 Å². The van der Waals surface area contributed by atoms with E-state index < -0.39 is 0 Å². The number of nitrogens with one attached hydrogen (secondary N) is 1. The fourth-order valence-corrected chi connectivity index (χ4v) is 3.54. The van der Waals surface area contributed by atoms with E-state index in [1.165, 1.54) is 11.1 Å². The smallest absolute Gasteiger partial charge is 0.0773 e. The number of benzene rings is 1. The van der Waals surface area contributed by atoms with Crippen LogP contribution in [0.15, 0.2) is 24.3 Å². The van der Waals surface area contributed by atoms with Crippen molar-refractivity contribution in [1.82, 2.24) is 5.32 Å². The maximum absolute atomic E-state index is 6.33. The molecule has 3 rings (SSSR count). The minimum Gasteiger partial charge on any atom is -0.381 e. The van der Waals surface area contributed by atoms with Crippen LogP contribution in [0.4, 0.5) is 0 Å². The standard InChI is InChI=1S/C18H27NO2/c1-2-19-18-16-6-4-3-5-15(16)7-8-17(18)21-13-14-9-11-20-12-10-14/h3-6,14,17-19H,2,7-13H2,1H3. The molecule has 0 aromatic heterocycles. The topological polar surface area (TPSA) is 30.5 Å². The predicted molar refractivity (Wildman–Crippen MR) is 84.5 cm³/mol. The van der Waals surface area contributed by atoms with Crippen LogP contribution in [0.1, 0.15) is 43.4 Å². The van der Waals surface area contributed by atoms with E-state index in [9.17, 15) is 0 Å². The normalized spacial score (nSPS) is 26.5. The van der Waals surface area contributed by atoms with E-state index in [-0.39, 0.29) is 0 Å². The maximum atomic E-state index is 6.33. The highest BCUT2D eigenvalue weighted by molar-refractivity contribution is 5.33. The molecule has 0 amide bonds. The molecule has 116 valence electrons. The van der Waals surface area contributed by atoms with E-state index >= 15 is 0 Å². The largest absolute Gasteiger partial charge is 0.381 e. The highest BCUT2D eigenvalue weighted by Gasteiger charge is 2.30. The molecule has 1 aliphatic carbocycles. The molecule has 3 nitrogen and oxygen atoms in total. The van der Waals surface area contributed by atoms with Crippen LogP contribution in [0, 0.1) is 5.92 Å². The molecule has 2 unspecified atom stereocenters. The molecule has 0 radical (unpaired) electrons. The van der Waals surface area contributed by atoms with Crippen molar-refractivity contribution in [3.8, 4) is 0 Å². The molecule has 0 spiro atoms. The fourth-order valence-electron chi connectivity index (χ4n) is 3.54. The molecule has 21 heavy (non-hydrogen) atoms. The fraction of sp³-hybridized carbons (Fsp3) is 0.667. The van der Waals surface area contributed by atoms with Gasteiger partial charge in [0.2, 0.25) is 0 Å². The Labute approximate surface area is 128 Å². The monoisotopic (exact) mass is 289 g/mol. The Bertz CT molecular complexity index is 443. The second kappa shape index (κ2) is 7.39. The first kappa shape index (κ1) is 15.0. The molecule has 2 atom stereocenters. The van der Waals surface area contributed by atoms with Crippen molar-refractivity contribution < 1.29 is 9.47 Å². The van der Waals surface area contributed by atoms with Gasteiger partial charge in [-0.15, -0.1) is 0 Å². The van der Waals surface area contributed by atoms with Crippen LogP contribution in [0.25, 0.3) is 0 Å². The van der Waals surface area contributed by atoms with E-state index in [4.69, 9.17) is 9.47 Å². The van der Waals surface area contributed by atoms with Gasteiger partial charge in [0.15, 0.2) is 0 Å². The van der Waals surface area contributed by atoms with E-state index in [0.29, 0.717) is 18.1 Å². The zero-order valence-corrected chi connectivity index (χ0v) is 13.0. The number of aryl methyl sites for hydroxylation is 1. The Morgan fingerprint density at radius 3 is 2.81 bits per heavy atom. The highest BCUT2D eigenvalue weighted by Crippen LogP contribution is 2.32. The zero-order valence-electron chi connectivity index (χ0n) is 13.0. The van der Waals surface area contributed by atoms with Crippen LogP contribution >= 0.6 is 0 Å². The first-order valence-corrected chi connectivity index (χ1v) is 8.39.